The van der Waals surface area contributed by atoms with Crippen molar-refractivity contribution in [3.8, 4) is 0 Å². The van der Waals surface area contributed by atoms with Gasteiger partial charge in [0.05, 0.1) is 22.3 Å². The van der Waals surface area contributed by atoms with Crippen LogP contribution in [0.25, 0.3) is 0 Å². The van der Waals surface area contributed by atoms with Crippen molar-refractivity contribution in [2.75, 3.05) is 13.2 Å². The normalized spacial score (nSPS) is 25.8. The molecular weight excluding hydrogens is 358 g/mol. The lowest BCUT2D eigenvalue weighted by Crippen LogP contribution is -2.36. The number of aryl methyl sites for hydroxylation is 1. The second-order valence-electron chi connectivity index (χ2n) is 6.56. The van der Waals surface area contributed by atoms with Gasteiger partial charge >= 0.3 is 0 Å². The van der Waals surface area contributed by atoms with Crippen molar-refractivity contribution in [1.82, 2.24) is 0 Å². The molecule has 134 valence electrons. The average molecular weight is 380 g/mol. The summed E-state index contributed by atoms with van der Waals surface area (Å²) in [6.45, 7) is 4.48. The van der Waals surface area contributed by atoms with Gasteiger partial charge in [0.1, 0.15) is 0 Å². The van der Waals surface area contributed by atoms with Crippen LogP contribution in [0.4, 0.5) is 0 Å². The van der Waals surface area contributed by atoms with Crippen LogP contribution in [0.1, 0.15) is 24.0 Å². The average Bonchev–Trinajstić information content (AvgIpc) is 3.21. The van der Waals surface area contributed by atoms with E-state index in [1.54, 1.807) is 36.4 Å². The maximum Gasteiger partial charge on any atom is 0.183 e. The van der Waals surface area contributed by atoms with E-state index in [1.807, 2.05) is 26.0 Å². The summed E-state index contributed by atoms with van der Waals surface area (Å²) in [5.41, 5.74) is 7.45. The Morgan fingerprint density at radius 2 is 1.72 bits per heavy atom. The lowest BCUT2D eigenvalue weighted by atomic mass is 10.1. The number of hydrogen-bond acceptors (Lipinski definition) is 4. The van der Waals surface area contributed by atoms with Gasteiger partial charge in [0.2, 0.25) is 0 Å². The molecule has 2 aromatic carbocycles. The minimum atomic E-state index is -3.57. The van der Waals surface area contributed by atoms with E-state index in [0.717, 1.165) is 11.1 Å². The van der Waals surface area contributed by atoms with Gasteiger partial charge in [-0.3, -0.25) is 0 Å². The number of hydrogen-bond donors (Lipinski definition) is 1. The molecule has 0 bridgehead atoms. The Bertz CT molecular complexity index is 849. The van der Waals surface area contributed by atoms with Crippen molar-refractivity contribution in [3.63, 3.8) is 0 Å². The van der Waals surface area contributed by atoms with E-state index in [2.05, 4.69) is 0 Å². The van der Waals surface area contributed by atoms with Crippen molar-refractivity contribution in [2.45, 2.75) is 35.4 Å². The smallest absolute Gasteiger partial charge is 0.183 e. The fraction of sp³-hybridized carbons (Fsp3) is 0.368. The second kappa shape index (κ2) is 6.72. The van der Waals surface area contributed by atoms with Gasteiger partial charge in [-0.25, -0.2) is 8.42 Å². The van der Waals surface area contributed by atoms with Gasteiger partial charge in [-0.1, -0.05) is 41.4 Å². The Balaban J connectivity index is 1.99. The highest BCUT2D eigenvalue weighted by molar-refractivity contribution is 7.92. The first-order valence-electron chi connectivity index (χ1n) is 8.23. The molecule has 0 saturated heterocycles. The Morgan fingerprint density at radius 3 is 2.28 bits per heavy atom. The predicted molar refractivity (Wildman–Crippen MR) is 99.8 cm³/mol. The molecule has 0 aliphatic heterocycles. The number of sulfone groups is 1. The largest absolute Gasteiger partial charge is 0.380 e. The molecule has 2 N–H and O–H groups in total. The molecule has 1 aliphatic carbocycles. The van der Waals surface area contributed by atoms with Crippen LogP contribution in [-0.2, 0) is 14.6 Å². The van der Waals surface area contributed by atoms with E-state index in [4.69, 9.17) is 22.1 Å². The Morgan fingerprint density at radius 1 is 1.12 bits per heavy atom. The molecule has 25 heavy (non-hydrogen) atoms. The van der Waals surface area contributed by atoms with Gasteiger partial charge in [-0.05, 0) is 43.7 Å². The molecule has 2 aromatic rings. The first kappa shape index (κ1) is 18.4. The summed E-state index contributed by atoms with van der Waals surface area (Å²) in [6.07, 6.45) is 0. The van der Waals surface area contributed by atoms with Gasteiger partial charge in [-0.15, -0.1) is 0 Å². The van der Waals surface area contributed by atoms with Crippen LogP contribution in [-0.4, -0.2) is 32.4 Å². The zero-order valence-corrected chi connectivity index (χ0v) is 15.8. The Labute approximate surface area is 153 Å². The Kier molecular flexibility index (Phi) is 4.95. The predicted octanol–water partition coefficient (Wildman–Crippen LogP) is 3.32. The first-order chi connectivity index (χ1) is 11.8. The third-order valence-corrected chi connectivity index (χ3v) is 7.33. The molecule has 3 rings (SSSR count). The number of ether oxygens (including phenoxy) is 1. The van der Waals surface area contributed by atoms with Crippen molar-refractivity contribution in [2.24, 2.45) is 5.73 Å². The van der Waals surface area contributed by atoms with Gasteiger partial charge < -0.3 is 10.5 Å². The monoisotopic (exact) mass is 379 g/mol. The van der Waals surface area contributed by atoms with Gasteiger partial charge in [0, 0.05) is 17.5 Å². The first-order valence-corrected chi connectivity index (χ1v) is 10.2. The molecular formula is C19H22ClNO3S. The zero-order valence-electron chi connectivity index (χ0n) is 14.3. The van der Waals surface area contributed by atoms with E-state index in [-0.39, 0.29) is 12.5 Å². The van der Waals surface area contributed by atoms with Crippen LogP contribution in [0, 0.1) is 6.92 Å². The fourth-order valence-corrected chi connectivity index (χ4v) is 5.79. The summed E-state index contributed by atoms with van der Waals surface area (Å²) in [6, 6.07) is 14.1. The van der Waals surface area contributed by atoms with E-state index in [1.165, 1.54) is 0 Å². The number of halogens is 1. The van der Waals surface area contributed by atoms with E-state index < -0.39 is 20.6 Å². The topological polar surface area (TPSA) is 69.4 Å². The second-order valence-corrected chi connectivity index (χ2v) is 9.06. The lowest BCUT2D eigenvalue weighted by molar-refractivity contribution is 0.125. The van der Waals surface area contributed by atoms with Gasteiger partial charge in [0.15, 0.2) is 9.84 Å². The van der Waals surface area contributed by atoms with Crippen LogP contribution in [0.5, 0.6) is 0 Å². The summed E-state index contributed by atoms with van der Waals surface area (Å²) in [7, 11) is -3.57. The molecule has 0 heterocycles. The van der Waals surface area contributed by atoms with E-state index in [9.17, 15) is 8.42 Å². The minimum absolute atomic E-state index is 0.201. The molecule has 0 aromatic heterocycles. The van der Waals surface area contributed by atoms with Crippen LogP contribution >= 0.6 is 11.6 Å². The molecule has 1 fully saturated rings. The third kappa shape index (κ3) is 3.34. The molecule has 6 heteroatoms. The highest BCUT2D eigenvalue weighted by atomic mass is 35.5. The molecule has 1 saturated carbocycles. The van der Waals surface area contributed by atoms with E-state index in [0.29, 0.717) is 16.5 Å². The SMILES string of the molecule is CCOC[C@]1(N)[C@H](c2ccc(Cl)cc2)[C@@H]1S(=O)(=O)c1ccc(C)cc1. The van der Waals surface area contributed by atoms with Crippen LogP contribution in [0.3, 0.4) is 0 Å². The van der Waals surface area contributed by atoms with E-state index >= 15 is 0 Å². The maximum atomic E-state index is 13.2. The molecule has 0 amide bonds. The highest BCUT2D eigenvalue weighted by Crippen LogP contribution is 2.55. The van der Waals surface area contributed by atoms with Gasteiger partial charge in [0.25, 0.3) is 0 Å². The molecule has 0 spiro atoms. The standard InChI is InChI=1S/C19H22ClNO3S/c1-3-24-12-19(21)17(14-6-8-15(20)9-7-14)18(19)25(22,23)16-10-4-13(2)5-11-16/h4-11,17-18H,3,12,21H2,1-2H3/t17-,18+,19+/m1/s1. The zero-order chi connectivity index (χ0) is 18.2. The quantitative estimate of drug-likeness (QED) is 0.835. The molecule has 3 atom stereocenters. The van der Waals surface area contributed by atoms with Crippen molar-refractivity contribution in [3.05, 3.63) is 64.7 Å². The lowest BCUT2D eigenvalue weighted by Gasteiger charge is -2.12. The maximum absolute atomic E-state index is 13.2. The van der Waals surface area contributed by atoms with Crippen LogP contribution in [0.2, 0.25) is 5.02 Å². The molecule has 0 radical (unpaired) electrons. The number of benzene rings is 2. The van der Waals surface area contributed by atoms with Crippen molar-refractivity contribution >= 4 is 21.4 Å². The molecule has 0 unspecified atom stereocenters. The summed E-state index contributed by atoms with van der Waals surface area (Å²) in [4.78, 5) is 0.297. The van der Waals surface area contributed by atoms with Crippen LogP contribution < -0.4 is 5.73 Å². The summed E-state index contributed by atoms with van der Waals surface area (Å²) >= 11 is 5.95. The summed E-state index contributed by atoms with van der Waals surface area (Å²) in [5, 5.41) is -0.106. The number of nitrogens with two attached hydrogens (primary N) is 1. The number of rotatable bonds is 6. The molecule has 1 aliphatic rings. The summed E-state index contributed by atoms with van der Waals surface area (Å²) in [5.74, 6) is -0.317. The summed E-state index contributed by atoms with van der Waals surface area (Å²) < 4.78 is 31.8. The van der Waals surface area contributed by atoms with Crippen molar-refractivity contribution < 1.29 is 13.2 Å². The van der Waals surface area contributed by atoms with Gasteiger partial charge in [-0.2, -0.15) is 0 Å². The van der Waals surface area contributed by atoms with Crippen molar-refractivity contribution in [1.29, 1.82) is 0 Å². The fourth-order valence-electron chi connectivity index (χ4n) is 3.37. The Hall–Kier alpha value is -1.40. The minimum Gasteiger partial charge on any atom is -0.380 e. The highest BCUT2D eigenvalue weighted by Gasteiger charge is 2.69. The van der Waals surface area contributed by atoms with Crippen LogP contribution in [0.15, 0.2) is 53.4 Å². The third-order valence-electron chi connectivity index (χ3n) is 4.77. The molecule has 4 nitrogen and oxygen atoms in total.